The van der Waals surface area contributed by atoms with Gasteiger partial charge in [0.05, 0.1) is 0 Å². The quantitative estimate of drug-likeness (QED) is 0.888. The van der Waals surface area contributed by atoms with E-state index in [9.17, 15) is 0 Å². The first-order valence-corrected chi connectivity index (χ1v) is 7.05. The average Bonchev–Trinajstić information content (AvgIpc) is 2.68. The Morgan fingerprint density at radius 1 is 1.28 bits per heavy atom. The van der Waals surface area contributed by atoms with Crippen LogP contribution in [0.15, 0.2) is 18.2 Å². The van der Waals surface area contributed by atoms with Crippen molar-refractivity contribution >= 4 is 0 Å². The van der Waals surface area contributed by atoms with Crippen LogP contribution in [0.1, 0.15) is 43.0 Å². The van der Waals surface area contributed by atoms with E-state index in [0.29, 0.717) is 18.0 Å². The van der Waals surface area contributed by atoms with E-state index in [1.54, 1.807) is 0 Å². The lowest BCUT2D eigenvalue weighted by atomic mass is 10.0. The van der Waals surface area contributed by atoms with Gasteiger partial charge in [-0.25, -0.2) is 0 Å². The minimum atomic E-state index is 0.496. The molecule has 1 aromatic carbocycles. The van der Waals surface area contributed by atoms with Crippen LogP contribution in [-0.2, 0) is 0 Å². The summed E-state index contributed by atoms with van der Waals surface area (Å²) in [4.78, 5) is 2.60. The molecule has 0 amide bonds. The maximum Gasteiger partial charge on any atom is 0.0323 e. The fraction of sp³-hybridized carbons (Fsp3) is 0.625. The Morgan fingerprint density at radius 3 is 2.39 bits per heavy atom. The summed E-state index contributed by atoms with van der Waals surface area (Å²) < 4.78 is 0. The lowest BCUT2D eigenvalue weighted by Crippen LogP contribution is -2.30. The Bertz CT molecular complexity index is 393. The molecule has 1 fully saturated rings. The van der Waals surface area contributed by atoms with Gasteiger partial charge in [0.1, 0.15) is 0 Å². The number of hydrogen-bond donors (Lipinski definition) is 1. The molecule has 1 aromatic rings. The van der Waals surface area contributed by atoms with E-state index >= 15 is 0 Å². The number of nitrogens with two attached hydrogens (primary N) is 1. The van der Waals surface area contributed by atoms with E-state index in [1.807, 2.05) is 0 Å². The van der Waals surface area contributed by atoms with Crippen LogP contribution in [0.3, 0.4) is 0 Å². The summed E-state index contributed by atoms with van der Waals surface area (Å²) in [5.41, 5.74) is 9.98. The molecule has 100 valence electrons. The van der Waals surface area contributed by atoms with Crippen LogP contribution in [0.25, 0.3) is 0 Å². The summed E-state index contributed by atoms with van der Waals surface area (Å²) in [6.45, 7) is 11.0. The van der Waals surface area contributed by atoms with Gasteiger partial charge in [-0.15, -0.1) is 0 Å². The molecule has 2 nitrogen and oxygen atoms in total. The van der Waals surface area contributed by atoms with Gasteiger partial charge in [-0.05, 0) is 52.1 Å². The van der Waals surface area contributed by atoms with Gasteiger partial charge in [0.25, 0.3) is 0 Å². The SMILES string of the molecule is Cc1cc(C)cc(C(C)N2CC(CN)CC2C)c1. The number of likely N-dealkylation sites (tertiary alicyclic amines) is 1. The second-order valence-electron chi connectivity index (χ2n) is 5.98. The Labute approximate surface area is 111 Å². The third-order valence-corrected chi connectivity index (χ3v) is 4.27. The first-order valence-electron chi connectivity index (χ1n) is 7.05. The van der Waals surface area contributed by atoms with Crippen LogP contribution >= 0.6 is 0 Å². The van der Waals surface area contributed by atoms with E-state index in [2.05, 4.69) is 50.8 Å². The lowest BCUT2D eigenvalue weighted by Gasteiger charge is -2.29. The molecular formula is C16H26N2. The van der Waals surface area contributed by atoms with Crippen LogP contribution in [0.4, 0.5) is 0 Å². The highest BCUT2D eigenvalue weighted by molar-refractivity contribution is 5.30. The molecular weight excluding hydrogens is 220 g/mol. The average molecular weight is 246 g/mol. The molecule has 2 rings (SSSR count). The van der Waals surface area contributed by atoms with E-state index < -0.39 is 0 Å². The van der Waals surface area contributed by atoms with Gasteiger partial charge in [0.15, 0.2) is 0 Å². The topological polar surface area (TPSA) is 29.3 Å². The molecule has 3 atom stereocenters. The molecule has 2 heteroatoms. The van der Waals surface area contributed by atoms with Crippen molar-refractivity contribution in [2.24, 2.45) is 11.7 Å². The highest BCUT2D eigenvalue weighted by Gasteiger charge is 2.31. The number of aryl methyl sites for hydroxylation is 2. The minimum absolute atomic E-state index is 0.496. The molecule has 0 radical (unpaired) electrons. The first-order chi connectivity index (χ1) is 8.51. The number of rotatable bonds is 3. The first kappa shape index (κ1) is 13.6. The maximum atomic E-state index is 5.82. The molecule has 1 aliphatic heterocycles. The fourth-order valence-electron chi connectivity index (χ4n) is 3.32. The van der Waals surface area contributed by atoms with Gasteiger partial charge >= 0.3 is 0 Å². The van der Waals surface area contributed by atoms with Crippen LogP contribution in [0.5, 0.6) is 0 Å². The Hall–Kier alpha value is -0.860. The van der Waals surface area contributed by atoms with Gasteiger partial charge < -0.3 is 5.73 Å². The minimum Gasteiger partial charge on any atom is -0.330 e. The summed E-state index contributed by atoms with van der Waals surface area (Å²) in [5, 5.41) is 0. The fourth-order valence-corrected chi connectivity index (χ4v) is 3.32. The smallest absolute Gasteiger partial charge is 0.0323 e. The van der Waals surface area contributed by atoms with E-state index in [4.69, 9.17) is 5.73 Å². The molecule has 3 unspecified atom stereocenters. The van der Waals surface area contributed by atoms with Crippen molar-refractivity contribution < 1.29 is 0 Å². The summed E-state index contributed by atoms with van der Waals surface area (Å²) in [7, 11) is 0. The van der Waals surface area contributed by atoms with Crippen LogP contribution in [-0.4, -0.2) is 24.0 Å². The number of nitrogens with zero attached hydrogens (tertiary/aromatic N) is 1. The van der Waals surface area contributed by atoms with Crippen LogP contribution < -0.4 is 5.73 Å². The monoisotopic (exact) mass is 246 g/mol. The van der Waals surface area contributed by atoms with Crippen molar-refractivity contribution in [3.8, 4) is 0 Å². The molecule has 1 aliphatic rings. The maximum absolute atomic E-state index is 5.82. The Morgan fingerprint density at radius 2 is 1.89 bits per heavy atom. The largest absolute Gasteiger partial charge is 0.330 e. The van der Waals surface area contributed by atoms with E-state index in [1.165, 1.54) is 23.1 Å². The molecule has 0 saturated carbocycles. The van der Waals surface area contributed by atoms with Crippen molar-refractivity contribution in [2.45, 2.75) is 46.2 Å². The van der Waals surface area contributed by atoms with Gasteiger partial charge in [-0.2, -0.15) is 0 Å². The van der Waals surface area contributed by atoms with E-state index in [0.717, 1.165) is 13.1 Å². The number of hydrogen-bond acceptors (Lipinski definition) is 2. The molecule has 2 N–H and O–H groups in total. The normalized spacial score (nSPS) is 26.5. The predicted molar refractivity (Wildman–Crippen MR) is 77.7 cm³/mol. The van der Waals surface area contributed by atoms with Gasteiger partial charge in [-0.3, -0.25) is 4.90 Å². The highest BCUT2D eigenvalue weighted by Crippen LogP contribution is 2.32. The molecule has 0 aromatic heterocycles. The summed E-state index contributed by atoms with van der Waals surface area (Å²) in [6, 6.07) is 8.02. The second-order valence-corrected chi connectivity index (χ2v) is 5.98. The van der Waals surface area contributed by atoms with Crippen LogP contribution in [0.2, 0.25) is 0 Å². The summed E-state index contributed by atoms with van der Waals surface area (Å²) in [6.07, 6.45) is 1.24. The zero-order valence-corrected chi connectivity index (χ0v) is 12.1. The Balaban J connectivity index is 2.18. The predicted octanol–water partition coefficient (Wildman–Crippen LogP) is 3.03. The lowest BCUT2D eigenvalue weighted by molar-refractivity contribution is 0.200. The summed E-state index contributed by atoms with van der Waals surface area (Å²) in [5.74, 6) is 0.674. The molecule has 1 heterocycles. The van der Waals surface area contributed by atoms with Crippen LogP contribution in [0, 0.1) is 19.8 Å². The zero-order valence-electron chi connectivity index (χ0n) is 12.1. The standard InChI is InChI=1S/C16H26N2/c1-11-5-12(2)7-16(6-11)14(4)18-10-15(9-17)8-13(18)3/h5-7,13-15H,8-10,17H2,1-4H3. The third kappa shape index (κ3) is 2.76. The van der Waals surface area contributed by atoms with Gasteiger partial charge in [-0.1, -0.05) is 29.3 Å². The van der Waals surface area contributed by atoms with Crippen molar-refractivity contribution in [1.82, 2.24) is 4.90 Å². The molecule has 1 saturated heterocycles. The van der Waals surface area contributed by atoms with Crippen molar-refractivity contribution in [3.05, 3.63) is 34.9 Å². The number of benzene rings is 1. The van der Waals surface area contributed by atoms with Crippen molar-refractivity contribution in [3.63, 3.8) is 0 Å². The van der Waals surface area contributed by atoms with Crippen molar-refractivity contribution in [2.75, 3.05) is 13.1 Å². The third-order valence-electron chi connectivity index (χ3n) is 4.27. The highest BCUT2D eigenvalue weighted by atomic mass is 15.2. The van der Waals surface area contributed by atoms with Gasteiger partial charge in [0, 0.05) is 18.6 Å². The Kier molecular flexibility index (Phi) is 4.08. The summed E-state index contributed by atoms with van der Waals surface area (Å²) >= 11 is 0. The second kappa shape index (κ2) is 5.41. The van der Waals surface area contributed by atoms with Gasteiger partial charge in [0.2, 0.25) is 0 Å². The van der Waals surface area contributed by atoms with Crippen molar-refractivity contribution in [1.29, 1.82) is 0 Å². The zero-order chi connectivity index (χ0) is 13.3. The molecule has 0 spiro atoms. The molecule has 0 bridgehead atoms. The van der Waals surface area contributed by atoms with E-state index in [-0.39, 0.29) is 0 Å². The molecule has 18 heavy (non-hydrogen) atoms. The molecule has 0 aliphatic carbocycles.